The van der Waals surface area contributed by atoms with E-state index in [2.05, 4.69) is 16.0 Å². The summed E-state index contributed by atoms with van der Waals surface area (Å²) >= 11 is 1.36. The summed E-state index contributed by atoms with van der Waals surface area (Å²) in [5, 5.41) is 10.4. The number of benzene rings is 1. The van der Waals surface area contributed by atoms with Crippen LogP contribution in [0.1, 0.15) is 5.82 Å². The van der Waals surface area contributed by atoms with Crippen LogP contribution in [0.15, 0.2) is 53.7 Å². The number of aromatic nitrogens is 3. The van der Waals surface area contributed by atoms with E-state index < -0.39 is 0 Å². The van der Waals surface area contributed by atoms with E-state index in [1.165, 1.54) is 11.8 Å². The first kappa shape index (κ1) is 15.4. The number of carbonyl (C=O) groups excluding carboxylic acids is 1. The molecule has 1 aliphatic heterocycles. The molecule has 25 heavy (non-hydrogen) atoms. The Labute approximate surface area is 148 Å². The van der Waals surface area contributed by atoms with Gasteiger partial charge in [0.05, 0.1) is 11.3 Å². The normalized spacial score (nSPS) is 16.3. The second-order valence-corrected chi connectivity index (χ2v) is 6.45. The molecule has 0 aliphatic carbocycles. The van der Waals surface area contributed by atoms with Gasteiger partial charge in [-0.25, -0.2) is 9.97 Å². The van der Waals surface area contributed by atoms with Crippen LogP contribution in [0.5, 0.6) is 0 Å². The summed E-state index contributed by atoms with van der Waals surface area (Å²) < 4.78 is 1.83. The highest BCUT2D eigenvalue weighted by molar-refractivity contribution is 8.04. The van der Waals surface area contributed by atoms with Crippen molar-refractivity contribution < 1.29 is 4.79 Å². The minimum atomic E-state index is -0.0455. The van der Waals surface area contributed by atoms with Gasteiger partial charge in [-0.3, -0.25) is 9.69 Å². The lowest BCUT2D eigenvalue weighted by molar-refractivity contribution is -0.115. The third kappa shape index (κ3) is 2.47. The predicted molar refractivity (Wildman–Crippen MR) is 97.4 cm³/mol. The Morgan fingerprint density at radius 3 is 2.76 bits per heavy atom. The molecule has 0 atom stereocenters. The number of hydrogen-bond acceptors (Lipinski definition) is 5. The smallest absolute Gasteiger partial charge is 0.242 e. The number of allylic oxidation sites excluding steroid dienone is 1. The maximum atomic E-state index is 12.4. The molecule has 1 saturated heterocycles. The van der Waals surface area contributed by atoms with Gasteiger partial charge in [0.2, 0.25) is 5.91 Å². The maximum Gasteiger partial charge on any atom is 0.242 e. The number of pyridine rings is 1. The second kappa shape index (κ2) is 6.07. The van der Waals surface area contributed by atoms with Crippen molar-refractivity contribution in [3.05, 3.63) is 59.5 Å². The number of aryl methyl sites for hydroxylation is 1. The van der Waals surface area contributed by atoms with E-state index in [9.17, 15) is 10.1 Å². The summed E-state index contributed by atoms with van der Waals surface area (Å²) in [6.45, 7) is 0. The van der Waals surface area contributed by atoms with Gasteiger partial charge in [-0.1, -0.05) is 30.0 Å². The number of nitrogens with zero attached hydrogens (tertiary/aromatic N) is 5. The molecule has 1 amide bonds. The zero-order chi connectivity index (χ0) is 17.4. The molecule has 6 nitrogen and oxygen atoms in total. The van der Waals surface area contributed by atoms with Crippen molar-refractivity contribution >= 4 is 40.1 Å². The lowest BCUT2D eigenvalue weighted by Gasteiger charge is -2.18. The maximum absolute atomic E-state index is 12.4. The van der Waals surface area contributed by atoms with Crippen LogP contribution in [-0.4, -0.2) is 26.2 Å². The van der Waals surface area contributed by atoms with E-state index in [0.29, 0.717) is 27.8 Å². The highest BCUT2D eigenvalue weighted by Gasteiger charge is 2.32. The molecule has 0 N–H and O–H groups in total. The summed E-state index contributed by atoms with van der Waals surface area (Å²) in [6.07, 6.45) is 1.67. The molecular formula is C18H13N5OS. The zero-order valence-electron chi connectivity index (χ0n) is 13.4. The quantitative estimate of drug-likeness (QED) is 0.666. The molecule has 2 aromatic heterocycles. The first-order valence-electron chi connectivity index (χ1n) is 7.63. The monoisotopic (exact) mass is 347 g/mol. The summed E-state index contributed by atoms with van der Waals surface area (Å²) in [5.41, 5.74) is 2.54. The third-order valence-electron chi connectivity index (χ3n) is 4.01. The first-order chi connectivity index (χ1) is 12.2. The van der Waals surface area contributed by atoms with Crippen LogP contribution >= 0.6 is 11.8 Å². The number of imidazole rings is 1. The Bertz CT molecular complexity index is 1050. The second-order valence-electron chi connectivity index (χ2n) is 5.49. The van der Waals surface area contributed by atoms with Crippen molar-refractivity contribution in [3.63, 3.8) is 0 Å². The largest absolute Gasteiger partial charge is 0.325 e. The standard InChI is InChI=1S/C18H13N5OS/c1-22-14-8-5-9-20-16(14)21-17(22)13(10-19)18-23(15(24)11-25-18)12-6-3-2-4-7-12/h2-9H,11H2,1H3/b18-13+. The molecule has 0 spiro atoms. The van der Waals surface area contributed by atoms with Gasteiger partial charge in [-0.05, 0) is 24.3 Å². The molecule has 1 fully saturated rings. The molecule has 0 saturated carbocycles. The van der Waals surface area contributed by atoms with Crippen LogP contribution in [-0.2, 0) is 11.8 Å². The highest BCUT2D eigenvalue weighted by atomic mass is 32.2. The van der Waals surface area contributed by atoms with E-state index in [1.54, 1.807) is 11.1 Å². The van der Waals surface area contributed by atoms with Crippen molar-refractivity contribution in [2.75, 3.05) is 10.7 Å². The van der Waals surface area contributed by atoms with Gasteiger partial charge in [0.1, 0.15) is 16.7 Å². The number of rotatable bonds is 2. The molecule has 122 valence electrons. The fourth-order valence-corrected chi connectivity index (χ4v) is 3.84. The molecule has 3 heterocycles. The van der Waals surface area contributed by atoms with E-state index in [1.807, 2.05) is 54.1 Å². The van der Waals surface area contributed by atoms with Crippen LogP contribution in [0.2, 0.25) is 0 Å². The average molecular weight is 347 g/mol. The van der Waals surface area contributed by atoms with Crippen LogP contribution in [0.3, 0.4) is 0 Å². The van der Waals surface area contributed by atoms with E-state index in [4.69, 9.17) is 0 Å². The lowest BCUT2D eigenvalue weighted by atomic mass is 10.2. The van der Waals surface area contributed by atoms with Gasteiger partial charge in [0.15, 0.2) is 11.5 Å². The lowest BCUT2D eigenvalue weighted by Crippen LogP contribution is -2.24. The average Bonchev–Trinajstić information content (AvgIpc) is 3.18. The predicted octanol–water partition coefficient (Wildman–Crippen LogP) is 2.94. The van der Waals surface area contributed by atoms with Crippen LogP contribution in [0, 0.1) is 11.3 Å². The molecule has 4 rings (SSSR count). The fourth-order valence-electron chi connectivity index (χ4n) is 2.84. The van der Waals surface area contributed by atoms with Crippen LogP contribution < -0.4 is 4.90 Å². The minimum absolute atomic E-state index is 0.0455. The Hall–Kier alpha value is -3.11. The van der Waals surface area contributed by atoms with Crippen LogP contribution in [0.4, 0.5) is 5.69 Å². The Morgan fingerprint density at radius 2 is 2.04 bits per heavy atom. The van der Waals surface area contributed by atoms with Gasteiger partial charge in [0.25, 0.3) is 0 Å². The number of nitriles is 1. The molecule has 7 heteroatoms. The van der Waals surface area contributed by atoms with Gasteiger partial charge in [-0.15, -0.1) is 0 Å². The number of carbonyl (C=O) groups is 1. The molecule has 0 unspecified atom stereocenters. The van der Waals surface area contributed by atoms with E-state index in [0.717, 1.165) is 11.2 Å². The van der Waals surface area contributed by atoms with Crippen LogP contribution in [0.25, 0.3) is 16.7 Å². The van der Waals surface area contributed by atoms with E-state index in [-0.39, 0.29) is 5.91 Å². The number of anilines is 1. The fraction of sp³-hybridized carbons (Fsp3) is 0.111. The minimum Gasteiger partial charge on any atom is -0.325 e. The summed E-state index contributed by atoms with van der Waals surface area (Å²) in [4.78, 5) is 22.8. The van der Waals surface area contributed by atoms with Crippen molar-refractivity contribution in [2.45, 2.75) is 0 Å². The number of hydrogen-bond donors (Lipinski definition) is 0. The van der Waals surface area contributed by atoms with Crippen molar-refractivity contribution in [2.24, 2.45) is 7.05 Å². The molecular weight excluding hydrogens is 334 g/mol. The molecule has 0 bridgehead atoms. The highest BCUT2D eigenvalue weighted by Crippen LogP contribution is 2.38. The Balaban J connectivity index is 1.93. The SMILES string of the molecule is Cn1c(/C(C#N)=C2/SCC(=O)N2c2ccccc2)nc2ncccc21. The van der Waals surface area contributed by atoms with Gasteiger partial charge in [-0.2, -0.15) is 5.26 Å². The van der Waals surface area contributed by atoms with Crippen molar-refractivity contribution in [3.8, 4) is 6.07 Å². The molecule has 3 aromatic rings. The van der Waals surface area contributed by atoms with Crippen molar-refractivity contribution in [1.29, 1.82) is 5.26 Å². The van der Waals surface area contributed by atoms with E-state index >= 15 is 0 Å². The third-order valence-corrected chi connectivity index (χ3v) is 5.06. The Kier molecular flexibility index (Phi) is 3.75. The molecule has 1 aliphatic rings. The zero-order valence-corrected chi connectivity index (χ0v) is 14.2. The number of para-hydroxylation sites is 1. The van der Waals surface area contributed by atoms with Gasteiger partial charge >= 0.3 is 0 Å². The summed E-state index contributed by atoms with van der Waals surface area (Å²) in [5.74, 6) is 0.766. The topological polar surface area (TPSA) is 74.8 Å². The number of amides is 1. The van der Waals surface area contributed by atoms with Crippen molar-refractivity contribution in [1.82, 2.24) is 14.5 Å². The number of fused-ring (bicyclic) bond motifs is 1. The summed E-state index contributed by atoms with van der Waals surface area (Å²) in [7, 11) is 1.85. The summed E-state index contributed by atoms with van der Waals surface area (Å²) in [6, 6.07) is 15.3. The number of thioether (sulfide) groups is 1. The first-order valence-corrected chi connectivity index (χ1v) is 8.62. The van der Waals surface area contributed by atoms with Gasteiger partial charge in [0, 0.05) is 18.9 Å². The Morgan fingerprint density at radius 1 is 1.24 bits per heavy atom. The molecule has 1 aromatic carbocycles. The molecule has 0 radical (unpaired) electrons. The van der Waals surface area contributed by atoms with Gasteiger partial charge < -0.3 is 4.57 Å².